The lowest BCUT2D eigenvalue weighted by atomic mass is 10.1. The van der Waals surface area contributed by atoms with Crippen molar-refractivity contribution in [3.05, 3.63) is 64.7 Å². The molecule has 5 nitrogen and oxygen atoms in total. The Morgan fingerprint density at radius 3 is 2.27 bits per heavy atom. The van der Waals surface area contributed by atoms with Gasteiger partial charge in [0.25, 0.3) is 0 Å². The molecule has 0 saturated carbocycles. The smallest absolute Gasteiger partial charge is 0.242 e. The van der Waals surface area contributed by atoms with Crippen molar-refractivity contribution in [2.24, 2.45) is 0 Å². The molecule has 26 heavy (non-hydrogen) atoms. The average Bonchev–Trinajstić information content (AvgIpc) is 2.58. The Morgan fingerprint density at radius 1 is 1.00 bits per heavy atom. The Hall–Kier alpha value is -2.82. The van der Waals surface area contributed by atoms with E-state index < -0.39 is 0 Å². The Labute approximate surface area is 153 Å². The number of hydrogen-bond acceptors (Lipinski definition) is 3. The normalized spacial score (nSPS) is 14.6. The molecule has 0 aliphatic carbocycles. The maximum Gasteiger partial charge on any atom is 0.242 e. The van der Waals surface area contributed by atoms with Gasteiger partial charge in [-0.1, -0.05) is 41.5 Å². The summed E-state index contributed by atoms with van der Waals surface area (Å²) in [4.78, 5) is 28.4. The van der Waals surface area contributed by atoms with Crippen molar-refractivity contribution in [3.63, 3.8) is 0 Å². The van der Waals surface area contributed by atoms with Gasteiger partial charge in [0.05, 0.1) is 13.0 Å². The molecule has 1 fully saturated rings. The van der Waals surface area contributed by atoms with Gasteiger partial charge in [0.1, 0.15) is 5.75 Å². The summed E-state index contributed by atoms with van der Waals surface area (Å²) in [7, 11) is 0. The zero-order chi connectivity index (χ0) is 18.7. The maximum absolute atomic E-state index is 12.5. The van der Waals surface area contributed by atoms with Crippen LogP contribution in [0, 0.1) is 13.8 Å². The number of hydrogen-bond donors (Lipinski definition) is 1. The number of benzene rings is 2. The standard InChI is InChI=1S/C21H24N2O3/c1-15-9-16(2)11-18(10-15)13-22-7-8-23(14-21(22)26)20(25)12-17-3-5-19(24)6-4-17/h3-6,9-11,24H,7-8,12-14H2,1-2H3. The summed E-state index contributed by atoms with van der Waals surface area (Å²) >= 11 is 0. The second-order valence-corrected chi connectivity index (χ2v) is 6.97. The molecule has 0 unspecified atom stereocenters. The van der Waals surface area contributed by atoms with Gasteiger partial charge in [0.2, 0.25) is 11.8 Å². The molecule has 2 amide bonds. The maximum atomic E-state index is 12.5. The predicted octanol–water partition coefficient (Wildman–Crippen LogP) is 2.42. The first-order valence-corrected chi connectivity index (χ1v) is 8.81. The van der Waals surface area contributed by atoms with Crippen LogP contribution >= 0.6 is 0 Å². The van der Waals surface area contributed by atoms with Crippen LogP contribution in [0.1, 0.15) is 22.3 Å². The molecule has 2 aromatic carbocycles. The van der Waals surface area contributed by atoms with Crippen LogP contribution in [-0.4, -0.2) is 46.4 Å². The van der Waals surface area contributed by atoms with Crippen LogP contribution in [0.5, 0.6) is 5.75 Å². The molecule has 0 radical (unpaired) electrons. The van der Waals surface area contributed by atoms with E-state index in [0.717, 1.165) is 11.1 Å². The van der Waals surface area contributed by atoms with Gasteiger partial charge in [-0.05, 0) is 37.1 Å². The van der Waals surface area contributed by atoms with Crippen LogP contribution in [-0.2, 0) is 22.6 Å². The Balaban J connectivity index is 1.58. The van der Waals surface area contributed by atoms with Gasteiger partial charge < -0.3 is 14.9 Å². The highest BCUT2D eigenvalue weighted by Crippen LogP contribution is 2.15. The fourth-order valence-corrected chi connectivity index (χ4v) is 3.37. The molecule has 136 valence electrons. The second kappa shape index (κ2) is 7.60. The molecule has 1 N–H and O–H groups in total. The van der Waals surface area contributed by atoms with Crippen molar-refractivity contribution in [1.29, 1.82) is 0 Å². The van der Waals surface area contributed by atoms with Crippen LogP contribution in [0.2, 0.25) is 0 Å². The van der Waals surface area contributed by atoms with Crippen molar-refractivity contribution in [2.45, 2.75) is 26.8 Å². The number of amides is 2. The molecule has 1 aliphatic heterocycles. The van der Waals surface area contributed by atoms with Crippen LogP contribution in [0.25, 0.3) is 0 Å². The van der Waals surface area contributed by atoms with E-state index in [4.69, 9.17) is 0 Å². The number of nitrogens with zero attached hydrogens (tertiary/aromatic N) is 2. The van der Waals surface area contributed by atoms with Gasteiger partial charge in [0, 0.05) is 19.6 Å². The first-order valence-electron chi connectivity index (χ1n) is 8.81. The number of rotatable bonds is 4. The summed E-state index contributed by atoms with van der Waals surface area (Å²) in [5.41, 5.74) is 4.34. The quantitative estimate of drug-likeness (QED) is 0.919. The minimum atomic E-state index is -0.0601. The van der Waals surface area contributed by atoms with Gasteiger partial charge in [0.15, 0.2) is 0 Å². The van der Waals surface area contributed by atoms with Crippen molar-refractivity contribution in [2.75, 3.05) is 19.6 Å². The number of aromatic hydroxyl groups is 1. The molecule has 1 saturated heterocycles. The summed E-state index contributed by atoms with van der Waals surface area (Å²) < 4.78 is 0. The van der Waals surface area contributed by atoms with E-state index >= 15 is 0 Å². The van der Waals surface area contributed by atoms with Crippen LogP contribution in [0.4, 0.5) is 0 Å². The van der Waals surface area contributed by atoms with E-state index in [-0.39, 0.29) is 30.5 Å². The number of piperazine rings is 1. The lowest BCUT2D eigenvalue weighted by molar-refractivity contribution is -0.145. The molecule has 0 aromatic heterocycles. The fourth-order valence-electron chi connectivity index (χ4n) is 3.37. The fraction of sp³-hybridized carbons (Fsp3) is 0.333. The number of carbonyl (C=O) groups is 2. The molecule has 0 bridgehead atoms. The van der Waals surface area contributed by atoms with Crippen molar-refractivity contribution >= 4 is 11.8 Å². The number of phenols is 1. The molecule has 1 heterocycles. The van der Waals surface area contributed by atoms with E-state index in [1.165, 1.54) is 11.1 Å². The lowest BCUT2D eigenvalue weighted by Gasteiger charge is -2.34. The zero-order valence-electron chi connectivity index (χ0n) is 15.2. The second-order valence-electron chi connectivity index (χ2n) is 6.97. The van der Waals surface area contributed by atoms with Gasteiger partial charge in [-0.2, -0.15) is 0 Å². The van der Waals surface area contributed by atoms with E-state index in [0.29, 0.717) is 19.6 Å². The Bertz CT molecular complexity index is 794. The van der Waals surface area contributed by atoms with Crippen molar-refractivity contribution < 1.29 is 14.7 Å². The number of phenolic OH excluding ortho intramolecular Hbond substituents is 1. The highest BCUT2D eigenvalue weighted by atomic mass is 16.3. The molecule has 0 atom stereocenters. The van der Waals surface area contributed by atoms with Gasteiger partial charge in [-0.25, -0.2) is 0 Å². The van der Waals surface area contributed by atoms with Gasteiger partial charge >= 0.3 is 0 Å². The van der Waals surface area contributed by atoms with E-state index in [9.17, 15) is 14.7 Å². The summed E-state index contributed by atoms with van der Waals surface area (Å²) in [5.74, 6) is 0.0981. The zero-order valence-corrected chi connectivity index (χ0v) is 15.2. The Morgan fingerprint density at radius 2 is 1.65 bits per heavy atom. The molecular formula is C21H24N2O3. The molecule has 1 aliphatic rings. The minimum Gasteiger partial charge on any atom is -0.508 e. The summed E-state index contributed by atoms with van der Waals surface area (Å²) in [6.07, 6.45) is 0.241. The third-order valence-corrected chi connectivity index (χ3v) is 4.62. The molecule has 5 heteroatoms. The Kier molecular flexibility index (Phi) is 5.26. The number of carbonyl (C=O) groups excluding carboxylic acids is 2. The third-order valence-electron chi connectivity index (χ3n) is 4.62. The van der Waals surface area contributed by atoms with Crippen LogP contribution < -0.4 is 0 Å². The molecule has 2 aromatic rings. The molecule has 0 spiro atoms. The topological polar surface area (TPSA) is 60.9 Å². The van der Waals surface area contributed by atoms with E-state index in [2.05, 4.69) is 32.0 Å². The van der Waals surface area contributed by atoms with E-state index in [1.807, 2.05) is 4.90 Å². The monoisotopic (exact) mass is 352 g/mol. The first kappa shape index (κ1) is 18.0. The number of aryl methyl sites for hydroxylation is 2. The molecule has 3 rings (SSSR count). The predicted molar refractivity (Wildman–Crippen MR) is 99.7 cm³/mol. The van der Waals surface area contributed by atoms with Crippen LogP contribution in [0.15, 0.2) is 42.5 Å². The SMILES string of the molecule is Cc1cc(C)cc(CN2CCN(C(=O)Cc3ccc(O)cc3)CC2=O)c1. The minimum absolute atomic E-state index is 0.0190. The lowest BCUT2D eigenvalue weighted by Crippen LogP contribution is -2.52. The summed E-state index contributed by atoms with van der Waals surface area (Å²) in [5, 5.41) is 9.31. The largest absolute Gasteiger partial charge is 0.508 e. The highest BCUT2D eigenvalue weighted by Gasteiger charge is 2.27. The van der Waals surface area contributed by atoms with Gasteiger partial charge in [-0.3, -0.25) is 9.59 Å². The third kappa shape index (κ3) is 4.42. The first-order chi connectivity index (χ1) is 12.4. The molecular weight excluding hydrogens is 328 g/mol. The van der Waals surface area contributed by atoms with Gasteiger partial charge in [-0.15, -0.1) is 0 Å². The van der Waals surface area contributed by atoms with Crippen LogP contribution in [0.3, 0.4) is 0 Å². The van der Waals surface area contributed by atoms with E-state index in [1.54, 1.807) is 29.2 Å². The summed E-state index contributed by atoms with van der Waals surface area (Å²) in [6, 6.07) is 12.9. The average molecular weight is 352 g/mol. The van der Waals surface area contributed by atoms with Crippen molar-refractivity contribution in [3.8, 4) is 5.75 Å². The highest BCUT2D eigenvalue weighted by molar-refractivity contribution is 5.87. The van der Waals surface area contributed by atoms with Crippen molar-refractivity contribution in [1.82, 2.24) is 9.80 Å². The summed E-state index contributed by atoms with van der Waals surface area (Å²) in [6.45, 7) is 5.92.